The lowest BCUT2D eigenvalue weighted by Crippen LogP contribution is -2.06. The van der Waals surface area contributed by atoms with Gasteiger partial charge in [0, 0.05) is 19.4 Å². The number of methoxy groups -OCH3 is 1. The van der Waals surface area contributed by atoms with Crippen molar-refractivity contribution in [2.75, 3.05) is 20.3 Å². The standard InChI is InChI=1S/C22H34O6/c1-27-22(26)13-6-4-8-17-28-20-12-9-11-18(10-5-2-3-7-16-23)19(20)14-15-21(24)25/h9,11-12,23H,2-8,10,13-17H2,1H3,(H,24,25). The van der Waals surface area contributed by atoms with Gasteiger partial charge < -0.3 is 19.7 Å². The first kappa shape index (κ1) is 24.0. The molecule has 1 aromatic rings. The van der Waals surface area contributed by atoms with Crippen molar-refractivity contribution in [3.8, 4) is 5.75 Å². The molecule has 0 saturated heterocycles. The summed E-state index contributed by atoms with van der Waals surface area (Å²) in [5.41, 5.74) is 2.13. The van der Waals surface area contributed by atoms with Crippen LogP contribution >= 0.6 is 0 Å². The molecule has 1 aromatic carbocycles. The monoisotopic (exact) mass is 394 g/mol. The Kier molecular flexibility index (Phi) is 12.8. The molecule has 0 aliphatic rings. The molecule has 2 N–H and O–H groups in total. The summed E-state index contributed by atoms with van der Waals surface area (Å²) >= 11 is 0. The van der Waals surface area contributed by atoms with Gasteiger partial charge in [-0.3, -0.25) is 9.59 Å². The van der Waals surface area contributed by atoms with Gasteiger partial charge in [-0.25, -0.2) is 0 Å². The number of carboxylic acid groups (broad SMARTS) is 1. The Bertz CT molecular complexity index is 584. The molecule has 1 rings (SSSR count). The van der Waals surface area contributed by atoms with Crippen LogP contribution in [0.15, 0.2) is 18.2 Å². The Balaban J connectivity index is 2.57. The van der Waals surface area contributed by atoms with E-state index in [1.807, 2.05) is 18.2 Å². The van der Waals surface area contributed by atoms with Gasteiger partial charge in [0.25, 0.3) is 0 Å². The summed E-state index contributed by atoms with van der Waals surface area (Å²) in [7, 11) is 1.39. The molecule has 0 unspecified atom stereocenters. The number of carbonyl (C=O) groups is 2. The molecule has 0 atom stereocenters. The van der Waals surface area contributed by atoms with E-state index < -0.39 is 5.97 Å². The van der Waals surface area contributed by atoms with Crippen LogP contribution in [0.3, 0.4) is 0 Å². The number of unbranched alkanes of at least 4 members (excludes halogenated alkanes) is 5. The van der Waals surface area contributed by atoms with Gasteiger partial charge in [0.15, 0.2) is 0 Å². The quantitative estimate of drug-likeness (QED) is 0.326. The number of esters is 1. The van der Waals surface area contributed by atoms with Crippen molar-refractivity contribution in [1.82, 2.24) is 0 Å². The molecule has 0 spiro atoms. The number of carboxylic acids is 1. The zero-order chi connectivity index (χ0) is 20.6. The minimum Gasteiger partial charge on any atom is -0.493 e. The van der Waals surface area contributed by atoms with Crippen molar-refractivity contribution < 1.29 is 29.3 Å². The number of aliphatic carboxylic acids is 1. The highest BCUT2D eigenvalue weighted by molar-refractivity contribution is 5.69. The summed E-state index contributed by atoms with van der Waals surface area (Å²) in [6.07, 6.45) is 8.22. The summed E-state index contributed by atoms with van der Waals surface area (Å²) in [5, 5.41) is 17.9. The normalized spacial score (nSPS) is 10.6. The van der Waals surface area contributed by atoms with E-state index in [0.29, 0.717) is 19.4 Å². The zero-order valence-electron chi connectivity index (χ0n) is 17.0. The molecular formula is C22H34O6. The Labute approximate surface area is 167 Å². The number of benzene rings is 1. The fourth-order valence-corrected chi connectivity index (χ4v) is 3.11. The van der Waals surface area contributed by atoms with Crippen LogP contribution in [0.1, 0.15) is 68.9 Å². The highest BCUT2D eigenvalue weighted by atomic mass is 16.5. The maximum atomic E-state index is 11.1. The van der Waals surface area contributed by atoms with Crippen molar-refractivity contribution in [3.05, 3.63) is 29.3 Å². The molecule has 0 aliphatic heterocycles. The van der Waals surface area contributed by atoms with Crippen LogP contribution in [0.4, 0.5) is 0 Å². The number of hydrogen-bond donors (Lipinski definition) is 2. The highest BCUT2D eigenvalue weighted by Crippen LogP contribution is 2.26. The lowest BCUT2D eigenvalue weighted by atomic mass is 9.97. The molecule has 0 heterocycles. The van der Waals surface area contributed by atoms with E-state index in [1.165, 1.54) is 7.11 Å². The molecule has 0 radical (unpaired) electrons. The fourth-order valence-electron chi connectivity index (χ4n) is 3.11. The minimum absolute atomic E-state index is 0.0804. The molecule has 0 aromatic heterocycles. The molecule has 0 aliphatic carbocycles. The van der Waals surface area contributed by atoms with E-state index >= 15 is 0 Å². The van der Waals surface area contributed by atoms with Crippen LogP contribution in [-0.4, -0.2) is 42.5 Å². The van der Waals surface area contributed by atoms with Crippen molar-refractivity contribution in [2.45, 2.75) is 70.6 Å². The molecule has 28 heavy (non-hydrogen) atoms. The third-order valence-corrected chi connectivity index (χ3v) is 4.68. The van der Waals surface area contributed by atoms with E-state index in [2.05, 4.69) is 4.74 Å². The van der Waals surface area contributed by atoms with Crippen molar-refractivity contribution >= 4 is 11.9 Å². The van der Waals surface area contributed by atoms with Crippen LogP contribution < -0.4 is 4.74 Å². The van der Waals surface area contributed by atoms with Gasteiger partial charge in [-0.15, -0.1) is 0 Å². The number of rotatable bonds is 16. The topological polar surface area (TPSA) is 93.1 Å². The Morgan fingerprint density at radius 3 is 2.39 bits per heavy atom. The summed E-state index contributed by atoms with van der Waals surface area (Å²) in [4.78, 5) is 22.1. The number of aliphatic hydroxyl groups is 1. The largest absolute Gasteiger partial charge is 0.493 e. The van der Waals surface area contributed by atoms with Crippen LogP contribution in [-0.2, 0) is 27.2 Å². The lowest BCUT2D eigenvalue weighted by molar-refractivity contribution is -0.141. The van der Waals surface area contributed by atoms with E-state index in [-0.39, 0.29) is 19.0 Å². The zero-order valence-corrected chi connectivity index (χ0v) is 17.0. The molecule has 0 amide bonds. The second-order valence-electron chi connectivity index (χ2n) is 6.91. The van der Waals surface area contributed by atoms with E-state index in [4.69, 9.17) is 14.9 Å². The molecular weight excluding hydrogens is 360 g/mol. The maximum absolute atomic E-state index is 11.1. The minimum atomic E-state index is -0.813. The van der Waals surface area contributed by atoms with E-state index in [0.717, 1.165) is 68.2 Å². The van der Waals surface area contributed by atoms with Crippen LogP contribution in [0.2, 0.25) is 0 Å². The number of hydrogen-bond acceptors (Lipinski definition) is 5. The first-order chi connectivity index (χ1) is 13.6. The Morgan fingerprint density at radius 2 is 1.68 bits per heavy atom. The van der Waals surface area contributed by atoms with Gasteiger partial charge in [-0.05, 0) is 62.1 Å². The lowest BCUT2D eigenvalue weighted by Gasteiger charge is -2.15. The highest BCUT2D eigenvalue weighted by Gasteiger charge is 2.12. The first-order valence-corrected chi connectivity index (χ1v) is 10.2. The van der Waals surface area contributed by atoms with E-state index in [1.54, 1.807) is 0 Å². The summed E-state index contributed by atoms with van der Waals surface area (Å²) < 4.78 is 10.6. The second-order valence-corrected chi connectivity index (χ2v) is 6.91. The maximum Gasteiger partial charge on any atom is 0.305 e. The molecule has 0 saturated carbocycles. The number of carbonyl (C=O) groups excluding carboxylic acids is 1. The third-order valence-electron chi connectivity index (χ3n) is 4.68. The summed E-state index contributed by atoms with van der Waals surface area (Å²) in [5.74, 6) is -0.239. The van der Waals surface area contributed by atoms with Gasteiger partial charge in [-0.2, -0.15) is 0 Å². The number of aliphatic hydroxyl groups excluding tert-OH is 1. The van der Waals surface area contributed by atoms with Crippen LogP contribution in [0.5, 0.6) is 5.75 Å². The Hall–Kier alpha value is -2.08. The summed E-state index contributed by atoms with van der Waals surface area (Å²) in [6.45, 7) is 0.772. The SMILES string of the molecule is COC(=O)CCCCCOc1cccc(CCCCCCO)c1CCC(=O)O. The summed E-state index contributed by atoms with van der Waals surface area (Å²) in [6, 6.07) is 5.91. The molecule has 6 nitrogen and oxygen atoms in total. The fraction of sp³-hybridized carbons (Fsp3) is 0.636. The third kappa shape index (κ3) is 10.3. The molecule has 0 bridgehead atoms. The van der Waals surface area contributed by atoms with Crippen molar-refractivity contribution in [3.63, 3.8) is 0 Å². The van der Waals surface area contributed by atoms with Crippen LogP contribution in [0, 0.1) is 0 Å². The Morgan fingerprint density at radius 1 is 0.929 bits per heavy atom. The first-order valence-electron chi connectivity index (χ1n) is 10.2. The van der Waals surface area contributed by atoms with Gasteiger partial charge in [0.05, 0.1) is 13.7 Å². The van der Waals surface area contributed by atoms with Crippen LogP contribution in [0.25, 0.3) is 0 Å². The average Bonchev–Trinajstić information content (AvgIpc) is 2.69. The second kappa shape index (κ2) is 14.9. The predicted octanol–water partition coefficient (Wildman–Crippen LogP) is 3.91. The average molecular weight is 395 g/mol. The molecule has 0 fully saturated rings. The molecule has 158 valence electrons. The number of aryl methyl sites for hydroxylation is 1. The van der Waals surface area contributed by atoms with Crippen molar-refractivity contribution in [2.24, 2.45) is 0 Å². The van der Waals surface area contributed by atoms with Gasteiger partial charge in [-0.1, -0.05) is 25.0 Å². The smallest absolute Gasteiger partial charge is 0.305 e. The van der Waals surface area contributed by atoms with Gasteiger partial charge >= 0.3 is 11.9 Å². The van der Waals surface area contributed by atoms with E-state index in [9.17, 15) is 9.59 Å². The molecule has 6 heteroatoms. The van der Waals surface area contributed by atoms with Gasteiger partial charge in [0.2, 0.25) is 0 Å². The van der Waals surface area contributed by atoms with Crippen molar-refractivity contribution in [1.29, 1.82) is 0 Å². The number of ether oxygens (including phenoxy) is 2. The predicted molar refractivity (Wildman–Crippen MR) is 108 cm³/mol. The van der Waals surface area contributed by atoms with Gasteiger partial charge in [0.1, 0.15) is 5.75 Å².